The Morgan fingerprint density at radius 2 is 1.84 bits per heavy atom. The minimum atomic E-state index is -0.536. The molecule has 2 aromatic carbocycles. The molecule has 31 heavy (non-hydrogen) atoms. The van der Waals surface area contributed by atoms with Gasteiger partial charge < -0.3 is 24.8 Å². The van der Waals surface area contributed by atoms with Crippen molar-refractivity contribution in [3.63, 3.8) is 0 Å². The van der Waals surface area contributed by atoms with E-state index in [2.05, 4.69) is 20.7 Å². The van der Waals surface area contributed by atoms with Crippen molar-refractivity contribution in [2.45, 2.75) is 13.0 Å². The van der Waals surface area contributed by atoms with Crippen molar-refractivity contribution in [2.24, 2.45) is 0 Å². The first kappa shape index (κ1) is 20.3. The van der Waals surface area contributed by atoms with E-state index in [1.54, 1.807) is 44.2 Å². The normalized spacial score (nSPS) is 15.0. The molecule has 0 saturated heterocycles. The number of methoxy groups -OCH3 is 3. The Morgan fingerprint density at radius 3 is 2.58 bits per heavy atom. The number of para-hydroxylation sites is 1. The summed E-state index contributed by atoms with van der Waals surface area (Å²) in [7, 11) is 4.71. The van der Waals surface area contributed by atoms with Gasteiger partial charge in [-0.25, -0.2) is 4.68 Å². The highest BCUT2D eigenvalue weighted by molar-refractivity contribution is 6.06. The summed E-state index contributed by atoms with van der Waals surface area (Å²) in [5.74, 6) is 2.00. The Kier molecular flexibility index (Phi) is 5.48. The number of hydrogen-bond acceptors (Lipinski definition) is 7. The number of anilines is 2. The monoisotopic (exact) mass is 421 g/mol. The molecule has 1 atom stereocenters. The summed E-state index contributed by atoms with van der Waals surface area (Å²) in [4.78, 5) is 17.8. The van der Waals surface area contributed by atoms with Crippen molar-refractivity contribution in [2.75, 3.05) is 32.0 Å². The van der Waals surface area contributed by atoms with Gasteiger partial charge in [-0.05, 0) is 25.1 Å². The minimum absolute atomic E-state index is 0.311. The Labute approximate surface area is 179 Å². The molecule has 9 nitrogen and oxygen atoms in total. The number of nitrogens with one attached hydrogen (secondary N) is 2. The van der Waals surface area contributed by atoms with Gasteiger partial charge in [0.2, 0.25) is 5.95 Å². The van der Waals surface area contributed by atoms with Crippen molar-refractivity contribution in [3.05, 3.63) is 65.6 Å². The lowest BCUT2D eigenvalue weighted by molar-refractivity contribution is -0.113. The highest BCUT2D eigenvalue weighted by atomic mass is 16.5. The molecular weight excluding hydrogens is 398 g/mol. The van der Waals surface area contributed by atoms with E-state index in [0.717, 1.165) is 5.56 Å². The maximum Gasteiger partial charge on any atom is 0.255 e. The fourth-order valence-electron chi connectivity index (χ4n) is 3.67. The minimum Gasteiger partial charge on any atom is -0.497 e. The molecule has 9 heteroatoms. The summed E-state index contributed by atoms with van der Waals surface area (Å²) in [5, 5.41) is 10.5. The number of amides is 1. The SMILES string of the molecule is COc1ccc(OC)c(NC(=O)C2=C(C)Nc3ncnn3[C@H]2c2ccccc2OC)c1. The second kappa shape index (κ2) is 8.39. The molecule has 1 amide bonds. The molecule has 2 heterocycles. The molecule has 0 spiro atoms. The van der Waals surface area contributed by atoms with Crippen molar-refractivity contribution in [1.29, 1.82) is 0 Å². The van der Waals surface area contributed by atoms with Crippen LogP contribution in [-0.4, -0.2) is 42.0 Å². The zero-order valence-electron chi connectivity index (χ0n) is 17.7. The first-order valence-electron chi connectivity index (χ1n) is 9.61. The molecule has 0 radical (unpaired) electrons. The third-order valence-electron chi connectivity index (χ3n) is 5.13. The molecule has 0 bridgehead atoms. The van der Waals surface area contributed by atoms with Crippen LogP contribution in [-0.2, 0) is 4.79 Å². The van der Waals surface area contributed by atoms with Crippen LogP contribution < -0.4 is 24.8 Å². The number of fused-ring (bicyclic) bond motifs is 1. The van der Waals surface area contributed by atoms with Crippen LogP contribution in [0.15, 0.2) is 60.1 Å². The molecule has 0 aliphatic carbocycles. The van der Waals surface area contributed by atoms with Gasteiger partial charge in [0.15, 0.2) is 0 Å². The summed E-state index contributed by atoms with van der Waals surface area (Å²) in [6.45, 7) is 1.83. The second-order valence-electron chi connectivity index (χ2n) is 6.86. The van der Waals surface area contributed by atoms with Crippen LogP contribution in [0.4, 0.5) is 11.6 Å². The van der Waals surface area contributed by atoms with Crippen molar-refractivity contribution in [3.8, 4) is 17.2 Å². The van der Waals surface area contributed by atoms with Gasteiger partial charge in [-0.2, -0.15) is 10.1 Å². The molecule has 1 aliphatic heterocycles. The average molecular weight is 421 g/mol. The summed E-state index contributed by atoms with van der Waals surface area (Å²) < 4.78 is 17.9. The summed E-state index contributed by atoms with van der Waals surface area (Å²) in [6, 6.07) is 12.2. The number of ether oxygens (including phenoxy) is 3. The van der Waals surface area contributed by atoms with Crippen LogP contribution in [0.25, 0.3) is 0 Å². The van der Waals surface area contributed by atoms with E-state index in [9.17, 15) is 4.79 Å². The first-order valence-corrected chi connectivity index (χ1v) is 9.61. The lowest BCUT2D eigenvalue weighted by Crippen LogP contribution is -2.31. The van der Waals surface area contributed by atoms with Crippen LogP contribution >= 0.6 is 0 Å². The topological polar surface area (TPSA) is 99.5 Å². The lowest BCUT2D eigenvalue weighted by atomic mass is 9.94. The number of nitrogens with zero attached hydrogens (tertiary/aromatic N) is 3. The maximum atomic E-state index is 13.6. The van der Waals surface area contributed by atoms with Crippen LogP contribution in [0.3, 0.4) is 0 Å². The number of allylic oxidation sites excluding steroid dienone is 1. The van der Waals surface area contributed by atoms with Crippen molar-refractivity contribution >= 4 is 17.5 Å². The Hall–Kier alpha value is -4.01. The molecule has 4 rings (SSSR count). The quantitative estimate of drug-likeness (QED) is 0.630. The molecule has 0 unspecified atom stereocenters. The number of benzene rings is 2. The number of hydrogen-bond donors (Lipinski definition) is 2. The molecule has 3 aromatic rings. The van der Waals surface area contributed by atoms with E-state index in [1.807, 2.05) is 31.2 Å². The Bertz CT molecular complexity index is 1150. The summed E-state index contributed by atoms with van der Waals surface area (Å²) in [5.41, 5.74) is 2.43. The van der Waals surface area contributed by atoms with Gasteiger partial charge in [-0.3, -0.25) is 4.79 Å². The fourth-order valence-corrected chi connectivity index (χ4v) is 3.67. The molecule has 0 saturated carbocycles. The van der Waals surface area contributed by atoms with Gasteiger partial charge in [0.1, 0.15) is 29.6 Å². The molecule has 160 valence electrons. The van der Waals surface area contributed by atoms with Gasteiger partial charge in [0, 0.05) is 17.3 Å². The van der Waals surface area contributed by atoms with E-state index < -0.39 is 6.04 Å². The predicted molar refractivity (Wildman–Crippen MR) is 116 cm³/mol. The van der Waals surface area contributed by atoms with E-state index >= 15 is 0 Å². The molecule has 1 aliphatic rings. The number of aromatic nitrogens is 3. The average Bonchev–Trinajstić information content (AvgIpc) is 3.25. The number of rotatable bonds is 6. The Balaban J connectivity index is 1.79. The second-order valence-corrected chi connectivity index (χ2v) is 6.86. The lowest BCUT2D eigenvalue weighted by Gasteiger charge is -2.29. The summed E-state index contributed by atoms with van der Waals surface area (Å²) in [6.07, 6.45) is 1.45. The number of carbonyl (C=O) groups is 1. The van der Waals surface area contributed by atoms with Crippen LogP contribution in [0.5, 0.6) is 17.2 Å². The van der Waals surface area contributed by atoms with E-state index in [1.165, 1.54) is 6.33 Å². The third-order valence-corrected chi connectivity index (χ3v) is 5.13. The van der Waals surface area contributed by atoms with Crippen LogP contribution in [0, 0.1) is 0 Å². The number of carbonyl (C=O) groups excluding carboxylic acids is 1. The van der Waals surface area contributed by atoms with Crippen LogP contribution in [0.2, 0.25) is 0 Å². The standard InChI is InChI=1S/C22H23N5O4/c1-13-19(21(28)26-16-11-14(29-2)9-10-18(16)31-4)20(27-22(25-13)23-12-24-27)15-7-5-6-8-17(15)30-3/h5-12,20H,1-4H3,(H,26,28)(H,23,24,25)/t20-/m0/s1. The molecular formula is C22H23N5O4. The van der Waals surface area contributed by atoms with Crippen LogP contribution in [0.1, 0.15) is 18.5 Å². The smallest absolute Gasteiger partial charge is 0.255 e. The fraction of sp³-hybridized carbons (Fsp3) is 0.227. The van der Waals surface area contributed by atoms with E-state index in [-0.39, 0.29) is 5.91 Å². The molecule has 2 N–H and O–H groups in total. The zero-order valence-corrected chi connectivity index (χ0v) is 17.7. The van der Waals surface area contributed by atoms with Gasteiger partial charge in [-0.15, -0.1) is 0 Å². The highest BCUT2D eigenvalue weighted by Gasteiger charge is 2.35. The van der Waals surface area contributed by atoms with E-state index in [4.69, 9.17) is 14.2 Å². The first-order chi connectivity index (χ1) is 15.1. The highest BCUT2D eigenvalue weighted by Crippen LogP contribution is 2.39. The third kappa shape index (κ3) is 3.65. The van der Waals surface area contributed by atoms with E-state index in [0.29, 0.717) is 40.2 Å². The van der Waals surface area contributed by atoms with Gasteiger partial charge in [0.25, 0.3) is 5.91 Å². The molecule has 0 fully saturated rings. The predicted octanol–water partition coefficient (Wildman–Crippen LogP) is 3.23. The van der Waals surface area contributed by atoms with Gasteiger partial charge in [-0.1, -0.05) is 18.2 Å². The summed E-state index contributed by atoms with van der Waals surface area (Å²) >= 11 is 0. The maximum absolute atomic E-state index is 13.6. The zero-order chi connectivity index (χ0) is 22.0. The largest absolute Gasteiger partial charge is 0.497 e. The van der Waals surface area contributed by atoms with Gasteiger partial charge >= 0.3 is 0 Å². The van der Waals surface area contributed by atoms with Crippen molar-refractivity contribution in [1.82, 2.24) is 14.8 Å². The Morgan fingerprint density at radius 1 is 1.06 bits per heavy atom. The molecule has 1 aromatic heterocycles. The van der Waals surface area contributed by atoms with Crippen molar-refractivity contribution < 1.29 is 19.0 Å². The van der Waals surface area contributed by atoms with Gasteiger partial charge in [0.05, 0.1) is 32.6 Å².